The van der Waals surface area contributed by atoms with E-state index in [1.54, 1.807) is 24.3 Å². The SMILES string of the molecule is CN(c1ccccc1C(=O)NCc1cccc2ccccc12)S(C)(=O)=O. The summed E-state index contributed by atoms with van der Waals surface area (Å²) in [4.78, 5) is 12.7. The van der Waals surface area contributed by atoms with Crippen molar-refractivity contribution in [3.8, 4) is 0 Å². The van der Waals surface area contributed by atoms with Gasteiger partial charge in [0.2, 0.25) is 10.0 Å². The molecule has 3 aromatic carbocycles. The number of anilines is 1. The van der Waals surface area contributed by atoms with E-state index in [2.05, 4.69) is 5.32 Å². The topological polar surface area (TPSA) is 66.5 Å². The van der Waals surface area contributed by atoms with Gasteiger partial charge in [-0.2, -0.15) is 0 Å². The number of nitrogens with zero attached hydrogens (tertiary/aromatic N) is 1. The van der Waals surface area contributed by atoms with Crippen molar-refractivity contribution in [3.63, 3.8) is 0 Å². The Kier molecular flexibility index (Phi) is 4.95. The third-order valence-electron chi connectivity index (χ3n) is 4.30. The van der Waals surface area contributed by atoms with Crippen LogP contribution in [0.15, 0.2) is 66.7 Å². The van der Waals surface area contributed by atoms with Crippen LogP contribution in [0.5, 0.6) is 0 Å². The molecule has 6 heteroatoms. The summed E-state index contributed by atoms with van der Waals surface area (Å²) in [5, 5.41) is 5.08. The Bertz CT molecular complexity index is 1060. The zero-order chi connectivity index (χ0) is 18.7. The highest BCUT2D eigenvalue weighted by atomic mass is 32.2. The van der Waals surface area contributed by atoms with Gasteiger partial charge >= 0.3 is 0 Å². The van der Waals surface area contributed by atoms with Gasteiger partial charge in [-0.15, -0.1) is 0 Å². The maximum absolute atomic E-state index is 12.7. The highest BCUT2D eigenvalue weighted by molar-refractivity contribution is 7.92. The van der Waals surface area contributed by atoms with Crippen LogP contribution in [0.1, 0.15) is 15.9 Å². The van der Waals surface area contributed by atoms with Crippen LogP contribution in [0.2, 0.25) is 0 Å². The lowest BCUT2D eigenvalue weighted by molar-refractivity contribution is 0.0952. The van der Waals surface area contributed by atoms with Crippen molar-refractivity contribution in [2.24, 2.45) is 0 Å². The van der Waals surface area contributed by atoms with Crippen LogP contribution in [-0.4, -0.2) is 27.6 Å². The Hall–Kier alpha value is -2.86. The molecule has 0 aliphatic heterocycles. The van der Waals surface area contributed by atoms with E-state index in [-0.39, 0.29) is 5.91 Å². The molecule has 26 heavy (non-hydrogen) atoms. The summed E-state index contributed by atoms with van der Waals surface area (Å²) in [6.07, 6.45) is 1.11. The van der Waals surface area contributed by atoms with E-state index in [0.29, 0.717) is 17.8 Å². The molecule has 0 aliphatic rings. The molecule has 3 aromatic rings. The maximum atomic E-state index is 12.7. The highest BCUT2D eigenvalue weighted by Gasteiger charge is 2.19. The van der Waals surface area contributed by atoms with Crippen LogP contribution in [0.25, 0.3) is 10.8 Å². The van der Waals surface area contributed by atoms with Crippen molar-refractivity contribution < 1.29 is 13.2 Å². The minimum atomic E-state index is -3.45. The first-order chi connectivity index (χ1) is 12.4. The normalized spacial score (nSPS) is 11.3. The van der Waals surface area contributed by atoms with E-state index in [4.69, 9.17) is 0 Å². The Balaban J connectivity index is 1.85. The molecule has 134 valence electrons. The average Bonchev–Trinajstić information content (AvgIpc) is 2.64. The smallest absolute Gasteiger partial charge is 0.253 e. The number of hydrogen-bond donors (Lipinski definition) is 1. The van der Waals surface area contributed by atoms with Crippen LogP contribution >= 0.6 is 0 Å². The summed E-state index contributed by atoms with van der Waals surface area (Å²) < 4.78 is 24.8. The predicted molar refractivity (Wildman–Crippen MR) is 105 cm³/mol. The van der Waals surface area contributed by atoms with E-state index < -0.39 is 10.0 Å². The molecule has 0 saturated heterocycles. The fourth-order valence-electron chi connectivity index (χ4n) is 2.84. The van der Waals surface area contributed by atoms with Gasteiger partial charge in [0.05, 0.1) is 17.5 Å². The molecule has 0 aliphatic carbocycles. The number of amides is 1. The van der Waals surface area contributed by atoms with Gasteiger partial charge in [-0.1, -0.05) is 54.6 Å². The van der Waals surface area contributed by atoms with E-state index >= 15 is 0 Å². The maximum Gasteiger partial charge on any atom is 0.253 e. The molecular formula is C20H20N2O3S. The van der Waals surface area contributed by atoms with E-state index in [0.717, 1.165) is 26.9 Å². The second-order valence-corrected chi connectivity index (χ2v) is 8.08. The minimum absolute atomic E-state index is 0.316. The molecule has 0 saturated carbocycles. The number of hydrogen-bond acceptors (Lipinski definition) is 3. The predicted octanol–water partition coefficient (Wildman–Crippen LogP) is 3.17. The lowest BCUT2D eigenvalue weighted by Gasteiger charge is -2.20. The fourth-order valence-corrected chi connectivity index (χ4v) is 3.35. The molecule has 0 unspecified atom stereocenters. The number of sulfonamides is 1. The number of carbonyl (C=O) groups excluding carboxylic acids is 1. The highest BCUT2D eigenvalue weighted by Crippen LogP contribution is 2.22. The van der Waals surface area contributed by atoms with Crippen molar-refractivity contribution >= 4 is 32.4 Å². The van der Waals surface area contributed by atoms with E-state index in [1.165, 1.54) is 7.05 Å². The zero-order valence-corrected chi connectivity index (χ0v) is 15.5. The van der Waals surface area contributed by atoms with E-state index in [9.17, 15) is 13.2 Å². The molecule has 0 fully saturated rings. The first-order valence-corrected chi connectivity index (χ1v) is 10.0. The van der Waals surface area contributed by atoms with Gasteiger partial charge < -0.3 is 5.32 Å². The third-order valence-corrected chi connectivity index (χ3v) is 5.50. The van der Waals surface area contributed by atoms with Crippen molar-refractivity contribution in [2.45, 2.75) is 6.54 Å². The van der Waals surface area contributed by atoms with Gasteiger partial charge in [0.15, 0.2) is 0 Å². The lowest BCUT2D eigenvalue weighted by atomic mass is 10.0. The quantitative estimate of drug-likeness (QED) is 0.752. The zero-order valence-electron chi connectivity index (χ0n) is 14.6. The average molecular weight is 368 g/mol. The standard InChI is InChI=1S/C20H20N2O3S/c1-22(26(2,24)25)19-13-6-5-12-18(19)20(23)21-14-16-10-7-9-15-8-3-4-11-17(15)16/h3-13H,14H2,1-2H3,(H,21,23). The number of rotatable bonds is 5. The summed E-state index contributed by atoms with van der Waals surface area (Å²) in [6, 6.07) is 20.6. The summed E-state index contributed by atoms with van der Waals surface area (Å²) in [6.45, 7) is 0.358. The van der Waals surface area contributed by atoms with Crippen LogP contribution in [0.3, 0.4) is 0 Å². The van der Waals surface area contributed by atoms with Crippen LogP contribution < -0.4 is 9.62 Å². The second kappa shape index (κ2) is 7.17. The van der Waals surface area contributed by atoms with Gasteiger partial charge in [-0.25, -0.2) is 8.42 Å². The molecule has 1 amide bonds. The molecule has 0 bridgehead atoms. The molecule has 0 aromatic heterocycles. The lowest BCUT2D eigenvalue weighted by Crippen LogP contribution is -2.29. The van der Waals surface area contributed by atoms with Crippen molar-refractivity contribution in [2.75, 3.05) is 17.6 Å². The molecular weight excluding hydrogens is 348 g/mol. The molecule has 5 nitrogen and oxygen atoms in total. The third kappa shape index (κ3) is 3.70. The number of benzene rings is 3. The van der Waals surface area contributed by atoms with Gasteiger partial charge in [-0.3, -0.25) is 9.10 Å². The van der Waals surface area contributed by atoms with Crippen LogP contribution in [-0.2, 0) is 16.6 Å². The molecule has 0 heterocycles. The number of nitrogens with one attached hydrogen (secondary N) is 1. The Morgan fingerprint density at radius 2 is 1.62 bits per heavy atom. The Labute approximate surface area is 153 Å². The van der Waals surface area contributed by atoms with Gasteiger partial charge in [0, 0.05) is 13.6 Å². The second-order valence-electron chi connectivity index (χ2n) is 6.07. The Morgan fingerprint density at radius 1 is 0.962 bits per heavy atom. The number of fused-ring (bicyclic) bond motifs is 1. The fraction of sp³-hybridized carbons (Fsp3) is 0.150. The van der Waals surface area contributed by atoms with Crippen LogP contribution in [0, 0.1) is 0 Å². The number of para-hydroxylation sites is 1. The molecule has 3 rings (SSSR count). The monoisotopic (exact) mass is 368 g/mol. The van der Waals surface area contributed by atoms with Crippen LogP contribution in [0.4, 0.5) is 5.69 Å². The van der Waals surface area contributed by atoms with E-state index in [1.807, 2.05) is 42.5 Å². The largest absolute Gasteiger partial charge is 0.348 e. The molecule has 1 N–H and O–H groups in total. The first-order valence-electron chi connectivity index (χ1n) is 8.15. The van der Waals surface area contributed by atoms with Crippen molar-refractivity contribution in [1.29, 1.82) is 0 Å². The molecule has 0 spiro atoms. The van der Waals surface area contributed by atoms with Gasteiger partial charge in [-0.05, 0) is 28.5 Å². The summed E-state index contributed by atoms with van der Waals surface area (Å²) in [5.74, 6) is -0.316. The van der Waals surface area contributed by atoms with Crippen molar-refractivity contribution in [1.82, 2.24) is 5.32 Å². The summed E-state index contributed by atoms with van der Waals surface area (Å²) >= 11 is 0. The number of carbonyl (C=O) groups is 1. The summed E-state index contributed by atoms with van der Waals surface area (Å²) in [5.41, 5.74) is 1.68. The molecule has 0 atom stereocenters. The van der Waals surface area contributed by atoms with Gasteiger partial charge in [0.25, 0.3) is 5.91 Å². The van der Waals surface area contributed by atoms with Gasteiger partial charge in [0.1, 0.15) is 0 Å². The minimum Gasteiger partial charge on any atom is -0.348 e. The Morgan fingerprint density at radius 3 is 2.38 bits per heavy atom. The first kappa shape index (κ1) is 17.9. The summed E-state index contributed by atoms with van der Waals surface area (Å²) in [7, 11) is -2.02. The van der Waals surface area contributed by atoms with Crippen molar-refractivity contribution in [3.05, 3.63) is 77.9 Å². The molecule has 0 radical (unpaired) electrons.